The molecular formula is C18H19NO5. The maximum Gasteiger partial charge on any atom is 0.305 e. The standard InChI is InChI=1S/C18H19NO5/c1-23-15-10-6-9-13(17(15)24-2)18(22)19-14(11-16(20)21)12-7-4-3-5-8-12/h3-10,14H,11H2,1-2H3,(H,19,22)(H,20,21). The molecule has 0 spiro atoms. The first-order valence-electron chi connectivity index (χ1n) is 7.35. The van der Waals surface area contributed by atoms with Gasteiger partial charge in [-0.3, -0.25) is 9.59 Å². The zero-order valence-electron chi connectivity index (χ0n) is 13.5. The minimum atomic E-state index is -0.998. The van der Waals surface area contributed by atoms with Crippen LogP contribution in [0, 0.1) is 0 Å². The highest BCUT2D eigenvalue weighted by molar-refractivity contribution is 5.98. The number of carbonyl (C=O) groups excluding carboxylic acids is 1. The van der Waals surface area contributed by atoms with Gasteiger partial charge in [-0.05, 0) is 17.7 Å². The second kappa shape index (κ2) is 8.01. The van der Waals surface area contributed by atoms with Crippen LogP contribution in [0.2, 0.25) is 0 Å². The van der Waals surface area contributed by atoms with Crippen molar-refractivity contribution in [1.82, 2.24) is 5.32 Å². The Bertz CT molecular complexity index is 715. The topological polar surface area (TPSA) is 84.9 Å². The van der Waals surface area contributed by atoms with Gasteiger partial charge in [0.2, 0.25) is 0 Å². The summed E-state index contributed by atoms with van der Waals surface area (Å²) in [5.41, 5.74) is 0.998. The molecule has 2 aromatic carbocycles. The fourth-order valence-electron chi connectivity index (χ4n) is 2.41. The van der Waals surface area contributed by atoms with Crippen LogP contribution in [0.1, 0.15) is 28.4 Å². The van der Waals surface area contributed by atoms with Crippen molar-refractivity contribution in [2.45, 2.75) is 12.5 Å². The molecule has 1 amide bonds. The number of aliphatic carboxylic acids is 1. The van der Waals surface area contributed by atoms with E-state index in [0.29, 0.717) is 11.5 Å². The van der Waals surface area contributed by atoms with Crippen molar-refractivity contribution >= 4 is 11.9 Å². The summed E-state index contributed by atoms with van der Waals surface area (Å²) in [6.45, 7) is 0. The number of benzene rings is 2. The molecule has 0 aliphatic heterocycles. The first kappa shape index (κ1) is 17.3. The number of carboxylic acids is 1. The molecule has 1 unspecified atom stereocenters. The number of methoxy groups -OCH3 is 2. The summed E-state index contributed by atoms with van der Waals surface area (Å²) in [7, 11) is 2.93. The summed E-state index contributed by atoms with van der Waals surface area (Å²) in [6, 6.07) is 13.3. The van der Waals surface area contributed by atoms with Crippen LogP contribution in [0.5, 0.6) is 11.5 Å². The smallest absolute Gasteiger partial charge is 0.305 e. The van der Waals surface area contributed by atoms with Crippen molar-refractivity contribution in [3.05, 3.63) is 59.7 Å². The van der Waals surface area contributed by atoms with E-state index >= 15 is 0 Å². The fraction of sp³-hybridized carbons (Fsp3) is 0.222. The normalized spacial score (nSPS) is 11.4. The number of rotatable bonds is 7. The highest BCUT2D eigenvalue weighted by atomic mass is 16.5. The van der Waals surface area contributed by atoms with E-state index in [1.165, 1.54) is 14.2 Å². The Morgan fingerprint density at radius 3 is 2.33 bits per heavy atom. The summed E-state index contributed by atoms with van der Waals surface area (Å²) in [5, 5.41) is 11.9. The van der Waals surface area contributed by atoms with Crippen LogP contribution in [-0.4, -0.2) is 31.2 Å². The van der Waals surface area contributed by atoms with E-state index in [4.69, 9.17) is 14.6 Å². The van der Waals surface area contributed by atoms with Gasteiger partial charge in [-0.15, -0.1) is 0 Å². The van der Waals surface area contributed by atoms with Crippen LogP contribution >= 0.6 is 0 Å². The summed E-state index contributed by atoms with van der Waals surface area (Å²) < 4.78 is 10.4. The van der Waals surface area contributed by atoms with Crippen molar-refractivity contribution in [3.8, 4) is 11.5 Å². The number of hydrogen-bond acceptors (Lipinski definition) is 4. The molecule has 2 aromatic rings. The second-order valence-electron chi connectivity index (χ2n) is 5.08. The Hall–Kier alpha value is -3.02. The summed E-state index contributed by atoms with van der Waals surface area (Å²) >= 11 is 0. The van der Waals surface area contributed by atoms with Crippen LogP contribution in [0.4, 0.5) is 0 Å². The van der Waals surface area contributed by atoms with E-state index in [1.807, 2.05) is 6.07 Å². The molecule has 6 heteroatoms. The zero-order chi connectivity index (χ0) is 17.5. The zero-order valence-corrected chi connectivity index (χ0v) is 13.5. The molecule has 126 valence electrons. The van der Waals surface area contributed by atoms with Gasteiger partial charge in [0.1, 0.15) is 0 Å². The predicted octanol–water partition coefficient (Wildman–Crippen LogP) is 2.65. The van der Waals surface area contributed by atoms with Gasteiger partial charge in [0.25, 0.3) is 5.91 Å². The lowest BCUT2D eigenvalue weighted by Crippen LogP contribution is -2.30. The molecule has 0 radical (unpaired) electrons. The SMILES string of the molecule is COc1cccc(C(=O)NC(CC(=O)O)c2ccccc2)c1OC. The lowest BCUT2D eigenvalue weighted by atomic mass is 10.0. The summed E-state index contributed by atoms with van der Waals surface area (Å²) in [6.07, 6.45) is -0.220. The highest BCUT2D eigenvalue weighted by Gasteiger charge is 2.22. The van der Waals surface area contributed by atoms with Crippen molar-refractivity contribution in [2.75, 3.05) is 14.2 Å². The van der Waals surface area contributed by atoms with E-state index in [0.717, 1.165) is 5.56 Å². The molecule has 2 rings (SSSR count). The Morgan fingerprint density at radius 2 is 1.75 bits per heavy atom. The quantitative estimate of drug-likeness (QED) is 0.816. The Labute approximate surface area is 140 Å². The maximum absolute atomic E-state index is 12.6. The van der Waals surface area contributed by atoms with Crippen LogP contribution < -0.4 is 14.8 Å². The van der Waals surface area contributed by atoms with E-state index in [-0.39, 0.29) is 12.0 Å². The van der Waals surface area contributed by atoms with Gasteiger partial charge >= 0.3 is 5.97 Å². The monoisotopic (exact) mass is 329 g/mol. The molecule has 0 fully saturated rings. The summed E-state index contributed by atoms with van der Waals surface area (Å²) in [5.74, 6) is -0.693. The third-order valence-corrected chi connectivity index (χ3v) is 3.53. The van der Waals surface area contributed by atoms with Gasteiger partial charge in [-0.25, -0.2) is 0 Å². The number of ether oxygens (including phenoxy) is 2. The number of hydrogen-bond donors (Lipinski definition) is 2. The molecule has 0 saturated carbocycles. The second-order valence-corrected chi connectivity index (χ2v) is 5.08. The molecule has 24 heavy (non-hydrogen) atoms. The first-order chi connectivity index (χ1) is 11.6. The van der Waals surface area contributed by atoms with Gasteiger partial charge in [0, 0.05) is 0 Å². The Balaban J connectivity index is 2.30. The van der Waals surface area contributed by atoms with Gasteiger partial charge in [0.05, 0.1) is 32.2 Å². The van der Waals surface area contributed by atoms with Gasteiger partial charge in [-0.1, -0.05) is 36.4 Å². The third kappa shape index (κ3) is 4.04. The van der Waals surface area contributed by atoms with Crippen molar-refractivity contribution in [3.63, 3.8) is 0 Å². The van der Waals surface area contributed by atoms with Crippen LogP contribution in [0.15, 0.2) is 48.5 Å². The molecule has 0 aromatic heterocycles. The van der Waals surface area contributed by atoms with Crippen molar-refractivity contribution in [1.29, 1.82) is 0 Å². The molecule has 0 bridgehead atoms. The molecule has 0 aliphatic carbocycles. The minimum absolute atomic E-state index is 0.220. The molecule has 0 heterocycles. The van der Waals surface area contributed by atoms with E-state index in [1.54, 1.807) is 42.5 Å². The van der Waals surface area contributed by atoms with Crippen molar-refractivity contribution < 1.29 is 24.2 Å². The molecule has 6 nitrogen and oxygen atoms in total. The van der Waals surface area contributed by atoms with Crippen LogP contribution in [0.25, 0.3) is 0 Å². The minimum Gasteiger partial charge on any atom is -0.493 e. The first-order valence-corrected chi connectivity index (χ1v) is 7.35. The van der Waals surface area contributed by atoms with Crippen LogP contribution in [-0.2, 0) is 4.79 Å². The number of amides is 1. The molecule has 0 aliphatic rings. The fourth-order valence-corrected chi connectivity index (χ4v) is 2.41. The number of nitrogens with one attached hydrogen (secondary N) is 1. The van der Waals surface area contributed by atoms with Gasteiger partial charge in [-0.2, -0.15) is 0 Å². The number of carboxylic acid groups (broad SMARTS) is 1. The predicted molar refractivity (Wildman–Crippen MR) is 88.4 cm³/mol. The van der Waals surface area contributed by atoms with E-state index < -0.39 is 17.9 Å². The average molecular weight is 329 g/mol. The molecule has 1 atom stereocenters. The Morgan fingerprint density at radius 1 is 1.04 bits per heavy atom. The molecule has 2 N–H and O–H groups in total. The third-order valence-electron chi connectivity index (χ3n) is 3.53. The maximum atomic E-state index is 12.6. The largest absolute Gasteiger partial charge is 0.493 e. The number of para-hydroxylation sites is 1. The number of carbonyl (C=O) groups is 2. The van der Waals surface area contributed by atoms with E-state index in [2.05, 4.69) is 5.32 Å². The Kier molecular flexibility index (Phi) is 5.78. The lowest BCUT2D eigenvalue weighted by molar-refractivity contribution is -0.137. The molecular weight excluding hydrogens is 310 g/mol. The molecule has 0 saturated heterocycles. The highest BCUT2D eigenvalue weighted by Crippen LogP contribution is 2.31. The van der Waals surface area contributed by atoms with Crippen LogP contribution in [0.3, 0.4) is 0 Å². The van der Waals surface area contributed by atoms with E-state index in [9.17, 15) is 9.59 Å². The van der Waals surface area contributed by atoms with Crippen molar-refractivity contribution in [2.24, 2.45) is 0 Å². The van der Waals surface area contributed by atoms with Gasteiger partial charge in [0.15, 0.2) is 11.5 Å². The average Bonchev–Trinajstić information content (AvgIpc) is 2.60. The lowest BCUT2D eigenvalue weighted by Gasteiger charge is -2.19. The van der Waals surface area contributed by atoms with Gasteiger partial charge < -0.3 is 19.9 Å². The summed E-state index contributed by atoms with van der Waals surface area (Å²) in [4.78, 5) is 23.7.